The third-order valence-electron chi connectivity index (χ3n) is 1.98. The molecule has 0 aliphatic rings. The van der Waals surface area contributed by atoms with Gasteiger partial charge in [-0.25, -0.2) is 9.18 Å². The largest absolute Gasteiger partial charge is 0.451 e. The van der Waals surface area contributed by atoms with Gasteiger partial charge < -0.3 is 9.64 Å². The average molecular weight is 313 g/mol. The number of carbonyl (C=O) groups excluding carboxylic acids is 2. The van der Waals surface area contributed by atoms with Gasteiger partial charge in [-0.2, -0.15) is 17.6 Å². The Bertz CT molecular complexity index is 446. The van der Waals surface area contributed by atoms with E-state index in [-0.39, 0.29) is 13.1 Å². The van der Waals surface area contributed by atoms with Gasteiger partial charge in [0.15, 0.2) is 5.83 Å². The number of esters is 1. The third kappa shape index (κ3) is 6.19. The van der Waals surface area contributed by atoms with Crippen LogP contribution in [0.5, 0.6) is 0 Å². The van der Waals surface area contributed by atoms with Crippen LogP contribution in [0.4, 0.5) is 22.0 Å². The fourth-order valence-corrected chi connectivity index (χ4v) is 1.09. The smallest absolute Gasteiger partial charge is 0.445 e. The van der Waals surface area contributed by atoms with Crippen molar-refractivity contribution in [2.45, 2.75) is 6.18 Å². The van der Waals surface area contributed by atoms with Crippen LogP contribution in [0, 0.1) is 0 Å². The van der Waals surface area contributed by atoms with Crippen molar-refractivity contribution in [3.8, 4) is 0 Å². The number of rotatable bonds is 6. The maximum absolute atomic E-state index is 12.8. The fourth-order valence-electron chi connectivity index (χ4n) is 1.09. The van der Waals surface area contributed by atoms with Crippen molar-refractivity contribution in [1.29, 1.82) is 0 Å². The zero-order chi connectivity index (χ0) is 16.6. The van der Waals surface area contributed by atoms with Gasteiger partial charge in [0.05, 0.1) is 0 Å². The molecule has 0 aliphatic carbocycles. The van der Waals surface area contributed by atoms with Gasteiger partial charge in [0.25, 0.3) is 0 Å². The Morgan fingerprint density at radius 2 is 1.57 bits per heavy atom. The Balaban J connectivity index is 4.73. The minimum Gasteiger partial charge on any atom is -0.451 e. The van der Waals surface area contributed by atoms with E-state index in [1.54, 1.807) is 0 Å². The molecule has 0 aromatic heterocycles. The summed E-state index contributed by atoms with van der Waals surface area (Å²) in [6.07, 6.45) is -2.98. The molecule has 0 heterocycles. The van der Waals surface area contributed by atoms with Crippen LogP contribution in [-0.2, 0) is 14.3 Å². The molecule has 0 radical (unpaired) electrons. The van der Waals surface area contributed by atoms with Crippen molar-refractivity contribution in [2.24, 2.45) is 0 Å². The van der Waals surface area contributed by atoms with Gasteiger partial charge in [-0.05, 0) is 0 Å². The van der Waals surface area contributed by atoms with Gasteiger partial charge in [0.1, 0.15) is 6.61 Å². The first kappa shape index (κ1) is 18.8. The highest BCUT2D eigenvalue weighted by Crippen LogP contribution is 2.29. The predicted octanol–water partition coefficient (Wildman–Crippen LogP) is 2.44. The number of nitrogens with zero attached hydrogens (tertiary/aromatic N) is 1. The quantitative estimate of drug-likeness (QED) is 0.327. The number of halogens is 5. The van der Waals surface area contributed by atoms with Crippen molar-refractivity contribution in [3.63, 3.8) is 0 Å². The number of allylic oxidation sites excluding steroid dienone is 1. The van der Waals surface area contributed by atoms with Crippen LogP contribution < -0.4 is 0 Å². The zero-order valence-corrected chi connectivity index (χ0v) is 10.8. The van der Waals surface area contributed by atoms with E-state index in [1.165, 1.54) is 12.2 Å². The number of hydrogen-bond acceptors (Lipinski definition) is 3. The molecule has 4 nitrogen and oxygen atoms in total. The Kier molecular flexibility index (Phi) is 7.32. The molecule has 0 atom stereocenters. The maximum atomic E-state index is 12.8. The summed E-state index contributed by atoms with van der Waals surface area (Å²) in [7, 11) is 0. The highest BCUT2D eigenvalue weighted by atomic mass is 19.4. The summed E-state index contributed by atoms with van der Waals surface area (Å²) in [5, 5.41) is 0. The fraction of sp³-hybridized carbons (Fsp3) is 0.333. The van der Waals surface area contributed by atoms with Gasteiger partial charge in [0, 0.05) is 13.1 Å². The van der Waals surface area contributed by atoms with Crippen molar-refractivity contribution in [3.05, 3.63) is 37.0 Å². The molecule has 0 bridgehead atoms. The van der Waals surface area contributed by atoms with Gasteiger partial charge in [-0.3, -0.25) is 4.79 Å². The molecular formula is C12H12F5NO3. The Morgan fingerprint density at radius 3 is 1.95 bits per heavy atom. The normalized spacial score (nSPS) is 12.2. The first-order chi connectivity index (χ1) is 9.65. The molecule has 0 aromatic rings. The molecule has 9 heteroatoms. The lowest BCUT2D eigenvalue weighted by molar-refractivity contribution is -0.159. The van der Waals surface area contributed by atoms with Crippen LogP contribution in [0.15, 0.2) is 37.0 Å². The molecule has 0 saturated carbocycles. The monoisotopic (exact) mass is 313 g/mol. The van der Waals surface area contributed by atoms with Crippen LogP contribution in [-0.4, -0.2) is 42.6 Å². The number of carbonyl (C=O) groups is 2. The topological polar surface area (TPSA) is 46.6 Å². The van der Waals surface area contributed by atoms with E-state index in [1.807, 2.05) is 0 Å². The van der Waals surface area contributed by atoms with Crippen LogP contribution in [0.3, 0.4) is 0 Å². The predicted molar refractivity (Wildman–Crippen MR) is 63.2 cm³/mol. The summed E-state index contributed by atoms with van der Waals surface area (Å²) in [6, 6.07) is 0. The second-order valence-corrected chi connectivity index (χ2v) is 3.58. The SMILES string of the molecule is C=CCN(CC=C)C(=O)C(=O)OC/C(F)=C(\F)C(F)(F)F. The van der Waals surface area contributed by atoms with E-state index >= 15 is 0 Å². The molecule has 0 spiro atoms. The standard InChI is InChI=1S/C12H12F5NO3/c1-3-5-18(6-4-2)10(19)11(20)21-7-8(13)9(14)12(15,16)17/h3-4H,1-2,5-7H2/b9-8+. The van der Waals surface area contributed by atoms with E-state index in [2.05, 4.69) is 17.9 Å². The Hall–Kier alpha value is -2.19. The number of ether oxygens (including phenoxy) is 1. The lowest BCUT2D eigenvalue weighted by atomic mass is 10.4. The first-order valence-electron chi connectivity index (χ1n) is 5.44. The molecular weight excluding hydrogens is 301 g/mol. The molecule has 0 N–H and O–H groups in total. The summed E-state index contributed by atoms with van der Waals surface area (Å²) in [4.78, 5) is 23.6. The average Bonchev–Trinajstić information content (AvgIpc) is 2.41. The second kappa shape index (κ2) is 8.18. The molecule has 0 saturated heterocycles. The van der Waals surface area contributed by atoms with Crippen LogP contribution in [0.25, 0.3) is 0 Å². The van der Waals surface area contributed by atoms with Crippen LogP contribution >= 0.6 is 0 Å². The molecule has 118 valence electrons. The van der Waals surface area contributed by atoms with E-state index in [0.717, 1.165) is 4.90 Å². The maximum Gasteiger partial charge on any atom is 0.445 e. The summed E-state index contributed by atoms with van der Waals surface area (Å²) in [6.45, 7) is 4.90. The molecule has 0 rings (SSSR count). The number of amides is 1. The first-order valence-corrected chi connectivity index (χ1v) is 5.44. The van der Waals surface area contributed by atoms with E-state index < -0.39 is 36.3 Å². The van der Waals surface area contributed by atoms with E-state index in [0.29, 0.717) is 0 Å². The molecule has 0 fully saturated rings. The van der Waals surface area contributed by atoms with Crippen molar-refractivity contribution in [2.75, 3.05) is 19.7 Å². The van der Waals surface area contributed by atoms with Gasteiger partial charge in [-0.15, -0.1) is 13.2 Å². The number of alkyl halides is 3. The molecule has 0 unspecified atom stereocenters. The summed E-state index contributed by atoms with van der Waals surface area (Å²) in [5.41, 5.74) is 0. The second-order valence-electron chi connectivity index (χ2n) is 3.58. The minimum atomic E-state index is -5.53. The highest BCUT2D eigenvalue weighted by Gasteiger charge is 2.38. The Morgan fingerprint density at radius 1 is 1.10 bits per heavy atom. The van der Waals surface area contributed by atoms with Gasteiger partial charge in [0.2, 0.25) is 5.83 Å². The summed E-state index contributed by atoms with van der Waals surface area (Å²) < 4.78 is 64.6. The van der Waals surface area contributed by atoms with Crippen molar-refractivity contribution < 1.29 is 36.3 Å². The molecule has 0 aliphatic heterocycles. The summed E-state index contributed by atoms with van der Waals surface area (Å²) >= 11 is 0. The van der Waals surface area contributed by atoms with Crippen LogP contribution in [0.1, 0.15) is 0 Å². The van der Waals surface area contributed by atoms with Crippen molar-refractivity contribution >= 4 is 11.9 Å². The van der Waals surface area contributed by atoms with Gasteiger partial charge in [-0.1, -0.05) is 12.2 Å². The molecule has 21 heavy (non-hydrogen) atoms. The van der Waals surface area contributed by atoms with E-state index in [9.17, 15) is 31.5 Å². The van der Waals surface area contributed by atoms with Gasteiger partial charge >= 0.3 is 18.1 Å². The zero-order valence-electron chi connectivity index (χ0n) is 10.8. The lowest BCUT2D eigenvalue weighted by Gasteiger charge is -2.17. The third-order valence-corrected chi connectivity index (χ3v) is 1.98. The van der Waals surface area contributed by atoms with E-state index in [4.69, 9.17) is 0 Å². The van der Waals surface area contributed by atoms with Crippen molar-refractivity contribution in [1.82, 2.24) is 4.90 Å². The molecule has 0 aromatic carbocycles. The number of hydrogen-bond donors (Lipinski definition) is 0. The lowest BCUT2D eigenvalue weighted by Crippen LogP contribution is -2.38. The summed E-state index contributed by atoms with van der Waals surface area (Å²) in [5.74, 6) is -8.21. The Labute approximate surface area is 117 Å². The minimum absolute atomic E-state index is 0.0603. The van der Waals surface area contributed by atoms with Crippen LogP contribution in [0.2, 0.25) is 0 Å². The highest BCUT2D eigenvalue weighted by molar-refractivity contribution is 6.32. The molecule has 1 amide bonds.